The van der Waals surface area contributed by atoms with Gasteiger partial charge in [0.15, 0.2) is 0 Å². The molecule has 1 aromatic carbocycles. The molecule has 2 aromatic rings. The Bertz CT molecular complexity index is 991. The van der Waals surface area contributed by atoms with Crippen LogP contribution in [0.2, 0.25) is 0 Å². The summed E-state index contributed by atoms with van der Waals surface area (Å²) in [7, 11) is 1.32. The van der Waals surface area contributed by atoms with Crippen molar-refractivity contribution in [3.05, 3.63) is 54.1 Å². The Kier molecular flexibility index (Phi) is 11.3. The van der Waals surface area contributed by atoms with Crippen molar-refractivity contribution < 1.29 is 23.9 Å². The van der Waals surface area contributed by atoms with Gasteiger partial charge in [-0.2, -0.15) is 0 Å². The van der Waals surface area contributed by atoms with Crippen molar-refractivity contribution in [3.63, 3.8) is 0 Å². The fraction of sp³-hybridized carbons (Fsp3) is 0.536. The number of unbranched alkanes of at least 4 members (excludes halogenated alkanes) is 1. The number of ether oxygens (including phenoxy) is 2. The molecule has 37 heavy (non-hydrogen) atoms. The minimum Gasteiger partial charge on any atom is -0.494 e. The maximum atomic E-state index is 12.8. The second-order valence-electron chi connectivity index (χ2n) is 9.39. The molecule has 0 aliphatic carbocycles. The van der Waals surface area contributed by atoms with Gasteiger partial charge >= 0.3 is 5.97 Å². The number of rotatable bonds is 13. The third kappa shape index (κ3) is 9.48. The maximum absolute atomic E-state index is 12.8. The highest BCUT2D eigenvalue weighted by Gasteiger charge is 2.27. The van der Waals surface area contributed by atoms with Crippen LogP contribution < -0.4 is 10.1 Å². The van der Waals surface area contributed by atoms with E-state index in [0.29, 0.717) is 51.2 Å². The van der Waals surface area contributed by atoms with Gasteiger partial charge in [0.05, 0.1) is 13.7 Å². The summed E-state index contributed by atoms with van der Waals surface area (Å²) in [4.78, 5) is 47.8. The van der Waals surface area contributed by atoms with Gasteiger partial charge in [-0.05, 0) is 48.9 Å². The fourth-order valence-electron chi connectivity index (χ4n) is 4.37. The Morgan fingerprint density at radius 3 is 2.46 bits per heavy atom. The summed E-state index contributed by atoms with van der Waals surface area (Å²) in [6.07, 6.45) is 8.48. The molecular weight excluding hydrogens is 472 g/mol. The van der Waals surface area contributed by atoms with E-state index in [1.54, 1.807) is 18.5 Å². The fourth-order valence-corrected chi connectivity index (χ4v) is 4.37. The van der Waals surface area contributed by atoms with Crippen LogP contribution in [0.1, 0.15) is 56.8 Å². The summed E-state index contributed by atoms with van der Waals surface area (Å²) in [5.74, 6) is 1.05. The number of carbonyl (C=O) groups excluding carboxylic acids is 3. The van der Waals surface area contributed by atoms with Crippen LogP contribution in [0.25, 0.3) is 0 Å². The zero-order chi connectivity index (χ0) is 26.5. The lowest BCUT2D eigenvalue weighted by Crippen LogP contribution is -2.44. The largest absolute Gasteiger partial charge is 0.494 e. The lowest BCUT2D eigenvalue weighted by Gasteiger charge is -2.32. The normalized spacial score (nSPS) is 14.6. The predicted molar refractivity (Wildman–Crippen MR) is 139 cm³/mol. The van der Waals surface area contributed by atoms with Crippen molar-refractivity contribution in [2.75, 3.05) is 26.8 Å². The van der Waals surface area contributed by atoms with E-state index < -0.39 is 12.0 Å². The van der Waals surface area contributed by atoms with E-state index >= 15 is 0 Å². The highest BCUT2D eigenvalue weighted by atomic mass is 16.5. The molecule has 1 atom stereocenters. The zero-order valence-electron chi connectivity index (χ0n) is 21.9. The summed E-state index contributed by atoms with van der Waals surface area (Å²) in [5, 5.41) is 2.85. The third-order valence-electron chi connectivity index (χ3n) is 6.57. The summed E-state index contributed by atoms with van der Waals surface area (Å²) in [6.45, 7) is 4.04. The number of esters is 1. The molecule has 1 aromatic heterocycles. The van der Waals surface area contributed by atoms with E-state index in [4.69, 9.17) is 9.47 Å². The van der Waals surface area contributed by atoms with E-state index in [1.165, 1.54) is 7.11 Å². The number of hydrogen-bond acceptors (Lipinski definition) is 7. The Balaban J connectivity index is 1.43. The number of likely N-dealkylation sites (tertiary alicyclic amines) is 1. The van der Waals surface area contributed by atoms with Crippen LogP contribution >= 0.6 is 0 Å². The number of benzene rings is 1. The zero-order valence-corrected chi connectivity index (χ0v) is 21.9. The molecule has 1 fully saturated rings. The number of nitrogens with zero attached hydrogens (tertiary/aromatic N) is 3. The number of aromatic nitrogens is 2. The van der Waals surface area contributed by atoms with Crippen LogP contribution in [0.5, 0.6) is 5.75 Å². The molecule has 9 heteroatoms. The van der Waals surface area contributed by atoms with Crippen molar-refractivity contribution in [1.29, 1.82) is 0 Å². The standard InChI is InChI=1S/C28H38N4O5/c1-3-4-18-37-23-8-6-21(7-9-23)19-24(28(35)36-2)31-26(33)20-22-12-16-32(17-13-22)27(34)11-10-25-29-14-5-15-30-25/h5-9,14-15,22,24H,3-4,10-13,16-20H2,1-2H3,(H,31,33). The molecule has 1 aliphatic heterocycles. The molecule has 9 nitrogen and oxygen atoms in total. The van der Waals surface area contributed by atoms with Gasteiger partial charge in [0, 0.05) is 51.2 Å². The summed E-state index contributed by atoms with van der Waals surface area (Å²) < 4.78 is 10.6. The molecule has 2 amide bonds. The van der Waals surface area contributed by atoms with Gasteiger partial charge in [0.1, 0.15) is 17.6 Å². The summed E-state index contributed by atoms with van der Waals surface area (Å²) in [6, 6.07) is 8.56. The van der Waals surface area contributed by atoms with Crippen molar-refractivity contribution in [2.45, 2.75) is 64.3 Å². The molecule has 3 rings (SSSR count). The molecule has 2 heterocycles. The van der Waals surface area contributed by atoms with Gasteiger partial charge in [0.2, 0.25) is 11.8 Å². The average Bonchev–Trinajstić information content (AvgIpc) is 2.93. The predicted octanol–water partition coefficient (Wildman–Crippen LogP) is 3.12. The van der Waals surface area contributed by atoms with Crippen molar-refractivity contribution >= 4 is 17.8 Å². The average molecular weight is 511 g/mol. The number of carbonyl (C=O) groups is 3. The molecule has 1 unspecified atom stereocenters. The van der Waals surface area contributed by atoms with Crippen molar-refractivity contribution in [1.82, 2.24) is 20.2 Å². The van der Waals surface area contributed by atoms with Crippen molar-refractivity contribution in [2.24, 2.45) is 5.92 Å². The maximum Gasteiger partial charge on any atom is 0.328 e. The van der Waals surface area contributed by atoms with E-state index in [2.05, 4.69) is 22.2 Å². The Morgan fingerprint density at radius 2 is 1.81 bits per heavy atom. The van der Waals surface area contributed by atoms with Gasteiger partial charge in [-0.15, -0.1) is 0 Å². The van der Waals surface area contributed by atoms with E-state index in [1.807, 2.05) is 29.2 Å². The first-order valence-electron chi connectivity index (χ1n) is 13.1. The van der Waals surface area contributed by atoms with Crippen LogP contribution in [0.4, 0.5) is 0 Å². The third-order valence-corrected chi connectivity index (χ3v) is 6.57. The number of nitrogens with one attached hydrogen (secondary N) is 1. The number of amides is 2. The van der Waals surface area contributed by atoms with E-state index in [0.717, 1.165) is 37.0 Å². The Hall–Kier alpha value is -3.49. The molecule has 0 radical (unpaired) electrons. The Labute approximate surface area is 219 Å². The summed E-state index contributed by atoms with van der Waals surface area (Å²) in [5.41, 5.74) is 0.909. The van der Waals surface area contributed by atoms with Gasteiger partial charge in [-0.25, -0.2) is 14.8 Å². The topological polar surface area (TPSA) is 111 Å². The first kappa shape index (κ1) is 28.1. The molecule has 1 aliphatic rings. The molecule has 0 spiro atoms. The van der Waals surface area contributed by atoms with Crippen molar-refractivity contribution in [3.8, 4) is 5.75 Å². The monoisotopic (exact) mass is 510 g/mol. The van der Waals surface area contributed by atoms with Crippen LogP contribution in [-0.4, -0.2) is 65.5 Å². The number of aryl methyl sites for hydroxylation is 1. The first-order chi connectivity index (χ1) is 18.0. The SMILES string of the molecule is CCCCOc1ccc(CC(NC(=O)CC2CCN(C(=O)CCc3ncccn3)CC2)C(=O)OC)cc1. The highest BCUT2D eigenvalue weighted by Crippen LogP contribution is 2.22. The molecule has 200 valence electrons. The molecular formula is C28H38N4O5. The number of piperidine rings is 1. The molecule has 1 N–H and O–H groups in total. The van der Waals surface area contributed by atoms with Gasteiger partial charge in [0.25, 0.3) is 0 Å². The highest BCUT2D eigenvalue weighted by molar-refractivity contribution is 5.84. The van der Waals surface area contributed by atoms with Gasteiger partial charge in [-0.1, -0.05) is 25.5 Å². The lowest BCUT2D eigenvalue weighted by molar-refractivity contribution is -0.145. The van der Waals surface area contributed by atoms with Crippen LogP contribution in [0, 0.1) is 5.92 Å². The smallest absolute Gasteiger partial charge is 0.328 e. The van der Waals surface area contributed by atoms with Crippen LogP contribution in [0.15, 0.2) is 42.7 Å². The lowest BCUT2D eigenvalue weighted by atomic mass is 9.92. The first-order valence-corrected chi connectivity index (χ1v) is 13.1. The van der Waals surface area contributed by atoms with E-state index in [9.17, 15) is 14.4 Å². The second-order valence-corrected chi connectivity index (χ2v) is 9.39. The van der Waals surface area contributed by atoms with Crippen LogP contribution in [0.3, 0.4) is 0 Å². The van der Waals surface area contributed by atoms with Gasteiger partial charge in [-0.3, -0.25) is 9.59 Å². The molecule has 0 bridgehead atoms. The number of hydrogen-bond donors (Lipinski definition) is 1. The second kappa shape index (κ2) is 14.9. The minimum atomic E-state index is -0.758. The molecule has 1 saturated heterocycles. The Morgan fingerprint density at radius 1 is 1.11 bits per heavy atom. The summed E-state index contributed by atoms with van der Waals surface area (Å²) >= 11 is 0. The minimum absolute atomic E-state index is 0.0860. The molecule has 0 saturated carbocycles. The van der Waals surface area contributed by atoms with Crippen LogP contribution in [-0.2, 0) is 32.0 Å². The number of methoxy groups -OCH3 is 1. The van der Waals surface area contributed by atoms with E-state index in [-0.39, 0.29) is 17.7 Å². The van der Waals surface area contributed by atoms with Gasteiger partial charge < -0.3 is 19.7 Å². The quantitative estimate of drug-likeness (QED) is 0.326.